The molecule has 4 aromatic rings. The van der Waals surface area contributed by atoms with Gasteiger partial charge in [0.2, 0.25) is 0 Å². The molecule has 42 heavy (non-hydrogen) atoms. The number of hydrogen-bond acceptors (Lipinski definition) is 6. The number of carbonyl (C=O) groups excluding carboxylic acids is 2. The van der Waals surface area contributed by atoms with Crippen LogP contribution in [-0.2, 0) is 36.8 Å². The first-order chi connectivity index (χ1) is 20.1. The summed E-state index contributed by atoms with van der Waals surface area (Å²) in [6.07, 6.45) is 0.549. The van der Waals surface area contributed by atoms with Crippen LogP contribution in [0.2, 0.25) is 0 Å². The smallest absolute Gasteiger partial charge is 0.379 e. The molecular formula is C31H33F3N4O3S. The van der Waals surface area contributed by atoms with Gasteiger partial charge in [0.05, 0.1) is 31.5 Å². The summed E-state index contributed by atoms with van der Waals surface area (Å²) in [7, 11) is 0. The number of aryl methyl sites for hydroxylation is 1. The fraction of sp³-hybridized carbons (Fsp3) is 0.387. The first-order valence-electron chi connectivity index (χ1n) is 14.0. The average molecular weight is 599 g/mol. The van der Waals surface area contributed by atoms with Crippen LogP contribution < -0.4 is 0 Å². The van der Waals surface area contributed by atoms with E-state index in [0.717, 1.165) is 52.3 Å². The molecule has 1 fully saturated rings. The number of fused-ring (bicyclic) bond motifs is 2. The minimum atomic E-state index is -4.27. The summed E-state index contributed by atoms with van der Waals surface area (Å²) in [4.78, 5) is 33.8. The average Bonchev–Trinajstić information content (AvgIpc) is 3.61. The fourth-order valence-electron chi connectivity index (χ4n) is 5.29. The molecule has 1 amide bonds. The van der Waals surface area contributed by atoms with Crippen LogP contribution in [0, 0.1) is 0 Å². The molecule has 0 bridgehead atoms. The standard InChI is InChI=1S/C17H15N3O2S.C14H18F3NO/c1-11(21)13-10-23-15-9-19(7-5-12(13)15)17(22)14-8-18-16-4-2-3-6-20(14)16;1-2-11-7-12(9-13(8-11)14(15,16)17)10-18-3-5-19-6-4-18/h2-4,6,8,10H,5,7,9H2,1H3;7-9H,2-6,10H2,1H3. The molecule has 0 saturated carbocycles. The summed E-state index contributed by atoms with van der Waals surface area (Å²) in [5.41, 5.74) is 4.19. The molecule has 11 heteroatoms. The third kappa shape index (κ3) is 6.74. The van der Waals surface area contributed by atoms with E-state index in [1.165, 1.54) is 12.1 Å². The van der Waals surface area contributed by atoms with E-state index in [2.05, 4.69) is 9.88 Å². The number of aromatic nitrogens is 2. The lowest BCUT2D eigenvalue weighted by Crippen LogP contribution is -2.36. The van der Waals surface area contributed by atoms with Crippen molar-refractivity contribution in [3.05, 3.63) is 92.6 Å². The van der Waals surface area contributed by atoms with Crippen LogP contribution in [0.25, 0.3) is 5.65 Å². The van der Waals surface area contributed by atoms with Gasteiger partial charge < -0.3 is 9.64 Å². The number of thiophene rings is 1. The van der Waals surface area contributed by atoms with Crippen LogP contribution in [0.15, 0.2) is 54.2 Å². The zero-order chi connectivity index (χ0) is 29.9. The zero-order valence-electron chi connectivity index (χ0n) is 23.6. The first-order valence-corrected chi connectivity index (χ1v) is 14.8. The van der Waals surface area contributed by atoms with Gasteiger partial charge in [-0.05, 0) is 60.7 Å². The molecule has 6 rings (SSSR count). The highest BCUT2D eigenvalue weighted by Gasteiger charge is 2.31. The van der Waals surface area contributed by atoms with E-state index in [9.17, 15) is 22.8 Å². The van der Waals surface area contributed by atoms with Crippen LogP contribution in [0.5, 0.6) is 0 Å². The lowest BCUT2D eigenvalue weighted by molar-refractivity contribution is -0.137. The van der Waals surface area contributed by atoms with Gasteiger partial charge in [-0.25, -0.2) is 4.98 Å². The number of pyridine rings is 1. The predicted octanol–water partition coefficient (Wildman–Crippen LogP) is 5.90. The Kier molecular flexibility index (Phi) is 9.10. The van der Waals surface area contributed by atoms with Crippen LogP contribution >= 0.6 is 11.3 Å². The third-order valence-corrected chi connectivity index (χ3v) is 8.56. The molecule has 0 unspecified atom stereocenters. The highest BCUT2D eigenvalue weighted by Crippen LogP contribution is 2.32. The number of halogens is 3. The predicted molar refractivity (Wildman–Crippen MR) is 155 cm³/mol. The number of ketones is 1. The molecular weight excluding hydrogens is 565 g/mol. The zero-order valence-corrected chi connectivity index (χ0v) is 24.4. The SMILES string of the molecule is CC(=O)c1csc2c1CCN(C(=O)c1cnc3ccccn13)C2.CCc1cc(CN2CCOCC2)cc(C(F)(F)F)c1. The number of ether oxygens (including phenoxy) is 1. The number of rotatable bonds is 5. The van der Waals surface area contributed by atoms with Gasteiger partial charge in [-0.15, -0.1) is 11.3 Å². The molecule has 1 saturated heterocycles. The van der Waals surface area contributed by atoms with Crippen molar-refractivity contribution >= 4 is 28.7 Å². The summed E-state index contributed by atoms with van der Waals surface area (Å²) in [6.45, 7) is 8.07. The minimum absolute atomic E-state index is 0.0212. The maximum absolute atomic E-state index is 12.8. The van der Waals surface area contributed by atoms with E-state index in [4.69, 9.17) is 4.74 Å². The van der Waals surface area contributed by atoms with Gasteiger partial charge in [-0.2, -0.15) is 13.2 Å². The number of hydrogen-bond donors (Lipinski definition) is 0. The Balaban J connectivity index is 0.000000172. The van der Waals surface area contributed by atoms with Crippen molar-refractivity contribution in [3.8, 4) is 0 Å². The Labute approximate surface area is 246 Å². The lowest BCUT2D eigenvalue weighted by atomic mass is 10.0. The van der Waals surface area contributed by atoms with Gasteiger partial charge in [0.15, 0.2) is 5.78 Å². The Bertz CT molecular complexity index is 1570. The molecule has 3 aromatic heterocycles. The number of alkyl halides is 3. The molecule has 1 aromatic carbocycles. The largest absolute Gasteiger partial charge is 0.416 e. The topological polar surface area (TPSA) is 67.2 Å². The van der Waals surface area contributed by atoms with Crippen molar-refractivity contribution in [2.75, 3.05) is 32.8 Å². The summed E-state index contributed by atoms with van der Waals surface area (Å²) < 4.78 is 45.5. The Morgan fingerprint density at radius 1 is 1.07 bits per heavy atom. The molecule has 5 heterocycles. The molecule has 0 spiro atoms. The van der Waals surface area contributed by atoms with E-state index in [1.807, 2.05) is 52.1 Å². The summed E-state index contributed by atoms with van der Waals surface area (Å²) >= 11 is 1.57. The van der Waals surface area contributed by atoms with E-state index in [-0.39, 0.29) is 11.7 Å². The van der Waals surface area contributed by atoms with Crippen LogP contribution in [0.3, 0.4) is 0 Å². The van der Waals surface area contributed by atoms with E-state index in [0.29, 0.717) is 45.0 Å². The van der Waals surface area contributed by atoms with Gasteiger partial charge in [0.25, 0.3) is 5.91 Å². The van der Waals surface area contributed by atoms with E-state index < -0.39 is 11.7 Å². The van der Waals surface area contributed by atoms with Crippen molar-refractivity contribution in [2.45, 2.75) is 46.0 Å². The van der Waals surface area contributed by atoms with Crippen molar-refractivity contribution in [3.63, 3.8) is 0 Å². The van der Waals surface area contributed by atoms with Gasteiger partial charge in [-0.1, -0.05) is 19.1 Å². The van der Waals surface area contributed by atoms with Gasteiger partial charge in [0, 0.05) is 48.2 Å². The third-order valence-electron chi connectivity index (χ3n) is 7.55. The monoisotopic (exact) mass is 598 g/mol. The number of carbonyl (C=O) groups is 2. The molecule has 0 atom stereocenters. The Hall–Kier alpha value is -3.54. The molecule has 2 aliphatic heterocycles. The van der Waals surface area contributed by atoms with E-state index in [1.54, 1.807) is 24.5 Å². The quantitative estimate of drug-likeness (QED) is 0.268. The molecule has 0 N–H and O–H groups in total. The maximum atomic E-state index is 12.8. The van der Waals surface area contributed by atoms with Crippen molar-refractivity contribution < 1.29 is 27.5 Å². The number of Topliss-reactive ketones (excluding diaryl/α,β-unsaturated/α-hetero) is 1. The van der Waals surface area contributed by atoms with Gasteiger partial charge in [-0.3, -0.25) is 18.9 Å². The second kappa shape index (κ2) is 12.8. The highest BCUT2D eigenvalue weighted by atomic mass is 32.1. The molecule has 7 nitrogen and oxygen atoms in total. The Morgan fingerprint density at radius 2 is 1.83 bits per heavy atom. The number of morpholine rings is 1. The van der Waals surface area contributed by atoms with Crippen molar-refractivity contribution in [1.29, 1.82) is 0 Å². The molecule has 222 valence electrons. The van der Waals surface area contributed by atoms with Crippen LogP contribution in [-0.4, -0.2) is 63.7 Å². The number of benzene rings is 1. The lowest BCUT2D eigenvalue weighted by Gasteiger charge is -2.27. The maximum Gasteiger partial charge on any atom is 0.416 e. The van der Waals surface area contributed by atoms with Gasteiger partial charge in [0.1, 0.15) is 11.3 Å². The molecule has 0 aliphatic carbocycles. The summed E-state index contributed by atoms with van der Waals surface area (Å²) in [6, 6.07) is 10.0. The second-order valence-electron chi connectivity index (χ2n) is 10.4. The highest BCUT2D eigenvalue weighted by molar-refractivity contribution is 7.10. The van der Waals surface area contributed by atoms with Crippen molar-refractivity contribution in [2.24, 2.45) is 0 Å². The fourth-order valence-corrected chi connectivity index (χ4v) is 6.44. The van der Waals surface area contributed by atoms with Crippen molar-refractivity contribution in [1.82, 2.24) is 19.2 Å². The molecule has 2 aliphatic rings. The van der Waals surface area contributed by atoms with Crippen LogP contribution in [0.4, 0.5) is 13.2 Å². The summed E-state index contributed by atoms with van der Waals surface area (Å²) in [5, 5.41) is 1.91. The normalized spacial score (nSPS) is 15.7. The molecule has 0 radical (unpaired) electrons. The minimum Gasteiger partial charge on any atom is -0.379 e. The van der Waals surface area contributed by atoms with Crippen LogP contribution in [0.1, 0.15) is 61.8 Å². The number of amides is 1. The number of imidazole rings is 1. The van der Waals surface area contributed by atoms with Gasteiger partial charge >= 0.3 is 6.18 Å². The second-order valence-corrected chi connectivity index (χ2v) is 11.4. The van der Waals surface area contributed by atoms with E-state index >= 15 is 0 Å². The first kappa shape index (κ1) is 29.9. The Morgan fingerprint density at radius 3 is 2.55 bits per heavy atom. The summed E-state index contributed by atoms with van der Waals surface area (Å²) in [5.74, 6) is 0.0798. The number of nitrogens with zero attached hydrogens (tertiary/aromatic N) is 4.